The van der Waals surface area contributed by atoms with Gasteiger partial charge in [-0.3, -0.25) is 4.79 Å². The Morgan fingerprint density at radius 2 is 1.67 bits per heavy atom. The second-order valence-corrected chi connectivity index (χ2v) is 10.4. The van der Waals surface area contributed by atoms with E-state index >= 15 is 0 Å². The van der Waals surface area contributed by atoms with Gasteiger partial charge in [-0.2, -0.15) is 0 Å². The highest BCUT2D eigenvalue weighted by molar-refractivity contribution is 7.89. The van der Waals surface area contributed by atoms with Crippen molar-refractivity contribution in [1.82, 2.24) is 9.62 Å². The Balaban J connectivity index is 1.39. The van der Waals surface area contributed by atoms with Crippen LogP contribution in [0.4, 0.5) is 0 Å². The van der Waals surface area contributed by atoms with Gasteiger partial charge in [-0.25, -0.2) is 12.7 Å². The average Bonchev–Trinajstić information content (AvgIpc) is 2.84. The standard InChI is InChI=1S/C25H34N2O5S/c1-31-23-11-10-21(19-24(23)32-2)12-15-26-25(28)22-13-16-27(17-14-22)33(29,30)18-6-9-20-7-4-3-5-8-20/h3-5,7-8,10-11,19,22H,6,9,12-18H2,1-2H3,(H,26,28). The summed E-state index contributed by atoms with van der Waals surface area (Å²) in [4.78, 5) is 12.6. The van der Waals surface area contributed by atoms with Gasteiger partial charge in [-0.05, 0) is 55.4 Å². The second kappa shape index (κ2) is 12.0. The summed E-state index contributed by atoms with van der Waals surface area (Å²) in [6.45, 7) is 1.33. The molecule has 1 amide bonds. The van der Waals surface area contributed by atoms with E-state index in [9.17, 15) is 13.2 Å². The third kappa shape index (κ3) is 7.20. The maximum absolute atomic E-state index is 12.7. The Kier molecular flexibility index (Phi) is 9.14. The van der Waals surface area contributed by atoms with Crippen LogP contribution >= 0.6 is 0 Å². The molecule has 3 rings (SSSR count). The Morgan fingerprint density at radius 3 is 2.33 bits per heavy atom. The van der Waals surface area contributed by atoms with E-state index < -0.39 is 10.0 Å². The van der Waals surface area contributed by atoms with Crippen LogP contribution in [0.3, 0.4) is 0 Å². The Hall–Kier alpha value is -2.58. The first-order valence-corrected chi connectivity index (χ1v) is 13.0. The molecule has 1 N–H and O–H groups in total. The van der Waals surface area contributed by atoms with E-state index in [1.54, 1.807) is 18.5 Å². The lowest BCUT2D eigenvalue weighted by molar-refractivity contribution is -0.126. The highest BCUT2D eigenvalue weighted by Crippen LogP contribution is 2.27. The van der Waals surface area contributed by atoms with Crippen LogP contribution in [0.5, 0.6) is 11.5 Å². The summed E-state index contributed by atoms with van der Waals surface area (Å²) in [6, 6.07) is 15.6. The van der Waals surface area contributed by atoms with E-state index in [1.807, 2.05) is 48.5 Å². The summed E-state index contributed by atoms with van der Waals surface area (Å²) < 4.78 is 37.5. The van der Waals surface area contributed by atoms with Gasteiger partial charge < -0.3 is 14.8 Å². The molecule has 1 saturated heterocycles. The van der Waals surface area contributed by atoms with Crippen LogP contribution in [0, 0.1) is 5.92 Å². The quantitative estimate of drug-likeness (QED) is 0.541. The average molecular weight is 475 g/mol. The van der Waals surface area contributed by atoms with Gasteiger partial charge in [0.1, 0.15) is 0 Å². The van der Waals surface area contributed by atoms with E-state index in [1.165, 1.54) is 0 Å². The van der Waals surface area contributed by atoms with Crippen LogP contribution in [-0.2, 0) is 27.7 Å². The molecule has 1 fully saturated rings. The van der Waals surface area contributed by atoms with Crippen molar-refractivity contribution >= 4 is 15.9 Å². The zero-order valence-electron chi connectivity index (χ0n) is 19.5. The van der Waals surface area contributed by atoms with Crippen LogP contribution in [0.1, 0.15) is 30.4 Å². The number of nitrogens with zero attached hydrogens (tertiary/aromatic N) is 1. The normalized spacial score (nSPS) is 15.2. The molecule has 2 aromatic carbocycles. The van der Waals surface area contributed by atoms with Crippen LogP contribution in [-0.4, -0.2) is 58.2 Å². The molecule has 0 unspecified atom stereocenters. The molecule has 1 heterocycles. The first-order chi connectivity index (χ1) is 15.9. The molecule has 7 nitrogen and oxygen atoms in total. The van der Waals surface area contributed by atoms with Gasteiger partial charge in [0.05, 0.1) is 20.0 Å². The summed E-state index contributed by atoms with van der Waals surface area (Å²) in [6.07, 6.45) is 3.14. The molecular weight excluding hydrogens is 440 g/mol. The van der Waals surface area contributed by atoms with Crippen LogP contribution in [0.2, 0.25) is 0 Å². The first-order valence-electron chi connectivity index (χ1n) is 11.4. The maximum atomic E-state index is 12.7. The smallest absolute Gasteiger partial charge is 0.223 e. The molecule has 0 radical (unpaired) electrons. The number of rotatable bonds is 11. The zero-order chi connectivity index (χ0) is 23.7. The molecule has 33 heavy (non-hydrogen) atoms. The minimum Gasteiger partial charge on any atom is -0.493 e. The highest BCUT2D eigenvalue weighted by Gasteiger charge is 2.30. The number of benzene rings is 2. The molecule has 180 valence electrons. The lowest BCUT2D eigenvalue weighted by atomic mass is 9.97. The topological polar surface area (TPSA) is 84.9 Å². The molecule has 0 aromatic heterocycles. The third-order valence-electron chi connectivity index (χ3n) is 6.09. The molecule has 0 saturated carbocycles. The van der Waals surface area contributed by atoms with Crippen molar-refractivity contribution in [1.29, 1.82) is 0 Å². The number of carbonyl (C=O) groups is 1. The number of amides is 1. The number of hydrogen-bond donors (Lipinski definition) is 1. The molecule has 0 spiro atoms. The summed E-state index contributed by atoms with van der Waals surface area (Å²) in [5.74, 6) is 1.33. The largest absolute Gasteiger partial charge is 0.493 e. The van der Waals surface area contributed by atoms with Crippen molar-refractivity contribution in [2.45, 2.75) is 32.1 Å². The van der Waals surface area contributed by atoms with Crippen molar-refractivity contribution in [3.63, 3.8) is 0 Å². The fraction of sp³-hybridized carbons (Fsp3) is 0.480. The van der Waals surface area contributed by atoms with Gasteiger partial charge in [0, 0.05) is 25.6 Å². The molecule has 0 aliphatic carbocycles. The van der Waals surface area contributed by atoms with Gasteiger partial charge in [0.25, 0.3) is 0 Å². The fourth-order valence-electron chi connectivity index (χ4n) is 4.14. The predicted molar refractivity (Wildman–Crippen MR) is 129 cm³/mol. The molecular formula is C25H34N2O5S. The summed E-state index contributed by atoms with van der Waals surface area (Å²) >= 11 is 0. The van der Waals surface area contributed by atoms with Crippen molar-refractivity contribution in [3.05, 3.63) is 59.7 Å². The number of carbonyl (C=O) groups excluding carboxylic acids is 1. The SMILES string of the molecule is COc1ccc(CCNC(=O)C2CCN(S(=O)(=O)CCCc3ccccc3)CC2)cc1OC. The van der Waals surface area contributed by atoms with E-state index in [0.717, 1.165) is 17.5 Å². The third-order valence-corrected chi connectivity index (χ3v) is 8.05. The van der Waals surface area contributed by atoms with Crippen molar-refractivity contribution < 1.29 is 22.7 Å². The number of sulfonamides is 1. The Labute approximate surface area is 197 Å². The predicted octanol–water partition coefficient (Wildman–Crippen LogP) is 3.04. The van der Waals surface area contributed by atoms with Crippen molar-refractivity contribution in [3.8, 4) is 11.5 Å². The maximum Gasteiger partial charge on any atom is 0.223 e. The number of piperidine rings is 1. The lowest BCUT2D eigenvalue weighted by Gasteiger charge is -2.30. The second-order valence-electron chi connectivity index (χ2n) is 8.31. The molecule has 8 heteroatoms. The molecule has 0 bridgehead atoms. The Bertz CT molecular complexity index is 1000. The molecule has 1 aliphatic heterocycles. The number of hydrogen-bond acceptors (Lipinski definition) is 5. The summed E-state index contributed by atoms with van der Waals surface area (Å²) in [5, 5.41) is 2.99. The fourth-order valence-corrected chi connectivity index (χ4v) is 5.67. The van der Waals surface area contributed by atoms with Gasteiger partial charge in [-0.15, -0.1) is 0 Å². The minimum atomic E-state index is -3.29. The molecule has 2 aromatic rings. The molecule has 1 aliphatic rings. The van der Waals surface area contributed by atoms with Crippen molar-refractivity contribution in [2.75, 3.05) is 39.6 Å². The first kappa shape index (κ1) is 25.1. The van der Waals surface area contributed by atoms with Gasteiger partial charge in [-0.1, -0.05) is 36.4 Å². The minimum absolute atomic E-state index is 0.00315. The van der Waals surface area contributed by atoms with E-state index in [-0.39, 0.29) is 17.6 Å². The summed E-state index contributed by atoms with van der Waals surface area (Å²) in [7, 11) is -0.0957. The van der Waals surface area contributed by atoms with Crippen molar-refractivity contribution in [2.24, 2.45) is 5.92 Å². The van der Waals surface area contributed by atoms with Crippen LogP contribution in [0.15, 0.2) is 48.5 Å². The summed E-state index contributed by atoms with van der Waals surface area (Å²) in [5.41, 5.74) is 2.19. The molecule has 0 atom stereocenters. The van der Waals surface area contributed by atoms with Crippen LogP contribution in [0.25, 0.3) is 0 Å². The number of aryl methyl sites for hydroxylation is 1. The van der Waals surface area contributed by atoms with E-state index in [2.05, 4.69) is 5.32 Å². The van der Waals surface area contributed by atoms with E-state index in [4.69, 9.17) is 9.47 Å². The number of nitrogens with one attached hydrogen (secondary N) is 1. The van der Waals surface area contributed by atoms with E-state index in [0.29, 0.717) is 56.8 Å². The van der Waals surface area contributed by atoms with Gasteiger partial charge in [0.15, 0.2) is 11.5 Å². The Morgan fingerprint density at radius 1 is 0.970 bits per heavy atom. The number of ether oxygens (including phenoxy) is 2. The lowest BCUT2D eigenvalue weighted by Crippen LogP contribution is -2.44. The van der Waals surface area contributed by atoms with Crippen LogP contribution < -0.4 is 14.8 Å². The van der Waals surface area contributed by atoms with Gasteiger partial charge >= 0.3 is 0 Å². The highest BCUT2D eigenvalue weighted by atomic mass is 32.2. The number of methoxy groups -OCH3 is 2. The monoisotopic (exact) mass is 474 g/mol. The zero-order valence-corrected chi connectivity index (χ0v) is 20.3. The van der Waals surface area contributed by atoms with Gasteiger partial charge in [0.2, 0.25) is 15.9 Å².